The predicted octanol–water partition coefficient (Wildman–Crippen LogP) is 1.20. The molecule has 0 fully saturated rings. The average molecular weight is 207 g/mol. The zero-order valence-electron chi connectivity index (χ0n) is 9.22. The summed E-state index contributed by atoms with van der Waals surface area (Å²) in [4.78, 5) is 0. The van der Waals surface area contributed by atoms with E-state index in [1.54, 1.807) is 13.8 Å². The van der Waals surface area contributed by atoms with Crippen LogP contribution in [0, 0.1) is 0 Å². The van der Waals surface area contributed by atoms with Gasteiger partial charge in [0.1, 0.15) is 0 Å². The molecule has 0 saturated heterocycles. The van der Waals surface area contributed by atoms with Gasteiger partial charge in [0.05, 0.1) is 4.75 Å². The van der Waals surface area contributed by atoms with Crippen LogP contribution in [0.2, 0.25) is 0 Å². The van der Waals surface area contributed by atoms with E-state index >= 15 is 0 Å². The van der Waals surface area contributed by atoms with Crippen LogP contribution in [0.25, 0.3) is 0 Å². The lowest BCUT2D eigenvalue weighted by atomic mass is 10.0. The summed E-state index contributed by atoms with van der Waals surface area (Å²) in [7, 11) is -3.00. The molecule has 0 aliphatic rings. The van der Waals surface area contributed by atoms with Crippen molar-refractivity contribution in [1.82, 2.24) is 5.32 Å². The molecule has 0 aromatic heterocycles. The van der Waals surface area contributed by atoms with E-state index in [2.05, 4.69) is 5.32 Å². The van der Waals surface area contributed by atoms with Gasteiger partial charge in [-0.2, -0.15) is 0 Å². The minimum Gasteiger partial charge on any atom is -0.313 e. The van der Waals surface area contributed by atoms with Crippen LogP contribution < -0.4 is 5.32 Å². The summed E-state index contributed by atoms with van der Waals surface area (Å²) in [6.07, 6.45) is 2.13. The van der Waals surface area contributed by atoms with Gasteiger partial charge in [-0.15, -0.1) is 0 Å². The van der Waals surface area contributed by atoms with Crippen molar-refractivity contribution in [2.45, 2.75) is 44.9 Å². The van der Waals surface area contributed by atoms with E-state index in [1.165, 1.54) is 6.26 Å². The molecule has 1 unspecified atom stereocenters. The fourth-order valence-corrected chi connectivity index (χ4v) is 2.15. The Morgan fingerprint density at radius 3 is 2.00 bits per heavy atom. The summed E-state index contributed by atoms with van der Waals surface area (Å²) in [5.74, 6) is 0. The minimum absolute atomic E-state index is 0.0347. The Morgan fingerprint density at radius 2 is 1.77 bits per heavy atom. The third-order valence-corrected chi connectivity index (χ3v) is 4.85. The van der Waals surface area contributed by atoms with Gasteiger partial charge in [-0.05, 0) is 26.8 Å². The standard InChI is InChI=1S/C9H21NO2S/c1-6-8(10-7-2)9(3,4)13(5,11)12/h8,10H,6-7H2,1-5H3. The number of hydrogen-bond acceptors (Lipinski definition) is 3. The number of nitrogens with one attached hydrogen (secondary N) is 1. The molecular formula is C9H21NO2S. The van der Waals surface area contributed by atoms with Gasteiger partial charge in [-0.25, -0.2) is 8.42 Å². The molecule has 0 amide bonds. The first-order chi connectivity index (χ1) is 5.77. The molecule has 0 bridgehead atoms. The van der Waals surface area contributed by atoms with E-state index in [4.69, 9.17) is 0 Å². The van der Waals surface area contributed by atoms with Crippen LogP contribution in [-0.2, 0) is 9.84 Å². The number of rotatable bonds is 5. The highest BCUT2D eigenvalue weighted by Crippen LogP contribution is 2.21. The molecule has 4 heteroatoms. The van der Waals surface area contributed by atoms with Crippen molar-refractivity contribution in [3.8, 4) is 0 Å². The van der Waals surface area contributed by atoms with Crippen LogP contribution in [0.3, 0.4) is 0 Å². The zero-order chi connectivity index (χ0) is 10.7. The van der Waals surface area contributed by atoms with Crippen molar-refractivity contribution in [3.63, 3.8) is 0 Å². The second-order valence-electron chi connectivity index (χ2n) is 3.89. The van der Waals surface area contributed by atoms with Crippen molar-refractivity contribution in [1.29, 1.82) is 0 Å². The minimum atomic E-state index is -3.00. The topological polar surface area (TPSA) is 46.2 Å². The molecule has 3 nitrogen and oxygen atoms in total. The van der Waals surface area contributed by atoms with Crippen LogP contribution >= 0.6 is 0 Å². The summed E-state index contributed by atoms with van der Waals surface area (Å²) >= 11 is 0. The molecule has 0 saturated carbocycles. The lowest BCUT2D eigenvalue weighted by Crippen LogP contribution is -2.51. The highest BCUT2D eigenvalue weighted by molar-refractivity contribution is 7.92. The molecule has 1 atom stereocenters. The maximum Gasteiger partial charge on any atom is 0.154 e. The molecule has 0 aromatic rings. The number of sulfone groups is 1. The maximum atomic E-state index is 11.5. The Hall–Kier alpha value is -0.0900. The van der Waals surface area contributed by atoms with E-state index in [0.717, 1.165) is 13.0 Å². The third-order valence-electron chi connectivity index (χ3n) is 2.65. The van der Waals surface area contributed by atoms with E-state index < -0.39 is 14.6 Å². The summed E-state index contributed by atoms with van der Waals surface area (Å²) in [6.45, 7) is 8.34. The fourth-order valence-electron chi connectivity index (χ4n) is 1.39. The lowest BCUT2D eigenvalue weighted by Gasteiger charge is -2.32. The summed E-state index contributed by atoms with van der Waals surface area (Å²) in [5.41, 5.74) is 0. The molecule has 0 radical (unpaired) electrons. The third kappa shape index (κ3) is 2.95. The smallest absolute Gasteiger partial charge is 0.154 e. The lowest BCUT2D eigenvalue weighted by molar-refractivity contribution is 0.406. The van der Waals surface area contributed by atoms with Gasteiger partial charge < -0.3 is 5.32 Å². The molecule has 80 valence electrons. The molecular weight excluding hydrogens is 186 g/mol. The molecule has 13 heavy (non-hydrogen) atoms. The van der Waals surface area contributed by atoms with Crippen molar-refractivity contribution in [2.75, 3.05) is 12.8 Å². The maximum absolute atomic E-state index is 11.5. The van der Waals surface area contributed by atoms with Gasteiger partial charge in [-0.1, -0.05) is 13.8 Å². The average Bonchev–Trinajstić information content (AvgIpc) is 1.97. The zero-order valence-corrected chi connectivity index (χ0v) is 10.0. The fraction of sp³-hybridized carbons (Fsp3) is 1.00. The molecule has 0 aliphatic carbocycles. The molecule has 0 spiro atoms. The Bertz CT molecular complexity index is 244. The van der Waals surface area contributed by atoms with Crippen molar-refractivity contribution in [3.05, 3.63) is 0 Å². The molecule has 1 N–H and O–H groups in total. The Labute approximate surface area is 81.8 Å². The van der Waals surface area contributed by atoms with Crippen molar-refractivity contribution < 1.29 is 8.42 Å². The van der Waals surface area contributed by atoms with Gasteiger partial charge in [0, 0.05) is 12.3 Å². The van der Waals surface area contributed by atoms with Crippen molar-refractivity contribution in [2.24, 2.45) is 0 Å². The molecule has 0 aromatic carbocycles. The predicted molar refractivity (Wildman–Crippen MR) is 56.7 cm³/mol. The first-order valence-electron chi connectivity index (χ1n) is 4.70. The summed E-state index contributed by atoms with van der Waals surface area (Å²) in [5, 5.41) is 3.20. The normalized spacial score (nSPS) is 15.8. The molecule has 0 aliphatic heterocycles. The van der Waals surface area contributed by atoms with Crippen LogP contribution in [-0.4, -0.2) is 32.0 Å². The van der Waals surface area contributed by atoms with Crippen LogP contribution in [0.5, 0.6) is 0 Å². The van der Waals surface area contributed by atoms with E-state index in [9.17, 15) is 8.42 Å². The first-order valence-corrected chi connectivity index (χ1v) is 6.59. The summed E-state index contributed by atoms with van der Waals surface area (Å²) in [6, 6.07) is 0.0347. The highest BCUT2D eigenvalue weighted by atomic mass is 32.2. The Balaban J connectivity index is 4.78. The Morgan fingerprint density at radius 1 is 1.31 bits per heavy atom. The van der Waals surface area contributed by atoms with Gasteiger partial charge in [0.15, 0.2) is 9.84 Å². The van der Waals surface area contributed by atoms with Crippen molar-refractivity contribution >= 4 is 9.84 Å². The Kier molecular flexibility index (Phi) is 4.39. The van der Waals surface area contributed by atoms with Crippen LogP contribution in [0.4, 0.5) is 0 Å². The van der Waals surface area contributed by atoms with E-state index in [-0.39, 0.29) is 6.04 Å². The quantitative estimate of drug-likeness (QED) is 0.737. The van der Waals surface area contributed by atoms with Crippen LogP contribution in [0.15, 0.2) is 0 Å². The van der Waals surface area contributed by atoms with Gasteiger partial charge in [-0.3, -0.25) is 0 Å². The van der Waals surface area contributed by atoms with Crippen LogP contribution in [0.1, 0.15) is 34.1 Å². The first kappa shape index (κ1) is 12.9. The van der Waals surface area contributed by atoms with Gasteiger partial charge in [0.2, 0.25) is 0 Å². The monoisotopic (exact) mass is 207 g/mol. The molecule has 0 rings (SSSR count). The SMILES string of the molecule is CCNC(CC)C(C)(C)S(C)(=O)=O. The number of hydrogen-bond donors (Lipinski definition) is 1. The largest absolute Gasteiger partial charge is 0.313 e. The summed E-state index contributed by atoms with van der Waals surface area (Å²) < 4.78 is 22.3. The second kappa shape index (κ2) is 4.42. The van der Waals surface area contributed by atoms with E-state index in [0.29, 0.717) is 0 Å². The highest BCUT2D eigenvalue weighted by Gasteiger charge is 2.37. The van der Waals surface area contributed by atoms with Gasteiger partial charge >= 0.3 is 0 Å². The van der Waals surface area contributed by atoms with Gasteiger partial charge in [0.25, 0.3) is 0 Å². The van der Waals surface area contributed by atoms with E-state index in [1.807, 2.05) is 13.8 Å². The second-order valence-corrected chi connectivity index (χ2v) is 6.49. The molecule has 0 heterocycles.